The molecule has 0 amide bonds. The molecule has 1 aromatic rings. The molecule has 0 aromatic heterocycles. The van der Waals surface area contributed by atoms with E-state index in [4.69, 9.17) is 5.73 Å². The minimum absolute atomic E-state index is 0.0350. The zero-order valence-corrected chi connectivity index (χ0v) is 10.2. The molecular formula is C13H17F3N2. The van der Waals surface area contributed by atoms with Gasteiger partial charge in [-0.05, 0) is 37.5 Å². The molecule has 1 aliphatic carbocycles. The number of halogens is 3. The third kappa shape index (κ3) is 3.38. The van der Waals surface area contributed by atoms with Crippen LogP contribution in [0.1, 0.15) is 31.4 Å². The van der Waals surface area contributed by atoms with E-state index in [-0.39, 0.29) is 12.1 Å². The van der Waals surface area contributed by atoms with Crippen LogP contribution in [-0.2, 0) is 0 Å². The Bertz CT molecular complexity index is 394. The fourth-order valence-electron chi connectivity index (χ4n) is 1.98. The lowest BCUT2D eigenvalue weighted by atomic mass is 10.1. The van der Waals surface area contributed by atoms with Gasteiger partial charge in [0, 0.05) is 17.8 Å². The fraction of sp³-hybridized carbons (Fsp3) is 0.538. The van der Waals surface area contributed by atoms with Crippen molar-refractivity contribution >= 4 is 5.69 Å². The number of nitrogens with zero attached hydrogens (tertiary/aromatic N) is 1. The number of benzene rings is 1. The molecule has 1 saturated carbocycles. The summed E-state index contributed by atoms with van der Waals surface area (Å²) < 4.78 is 37.6. The van der Waals surface area contributed by atoms with Gasteiger partial charge in [-0.25, -0.2) is 0 Å². The third-order valence-electron chi connectivity index (χ3n) is 3.09. The number of nitrogens with two attached hydrogens (primary N) is 1. The van der Waals surface area contributed by atoms with Crippen LogP contribution < -0.4 is 10.6 Å². The lowest BCUT2D eigenvalue weighted by molar-refractivity contribution is -0.120. The van der Waals surface area contributed by atoms with Gasteiger partial charge in [0.05, 0.1) is 0 Å². The van der Waals surface area contributed by atoms with E-state index >= 15 is 0 Å². The quantitative estimate of drug-likeness (QED) is 0.898. The Balaban J connectivity index is 2.15. The van der Waals surface area contributed by atoms with Crippen LogP contribution in [0.25, 0.3) is 0 Å². The van der Waals surface area contributed by atoms with Crippen molar-refractivity contribution in [2.75, 3.05) is 11.4 Å². The molecule has 0 saturated heterocycles. The highest BCUT2D eigenvalue weighted by Gasteiger charge is 2.38. The summed E-state index contributed by atoms with van der Waals surface area (Å²) in [5, 5.41) is 0. The number of alkyl halides is 3. The summed E-state index contributed by atoms with van der Waals surface area (Å²) in [7, 11) is 0. The molecule has 1 aromatic carbocycles. The largest absolute Gasteiger partial charge is 0.405 e. The van der Waals surface area contributed by atoms with E-state index in [1.807, 2.05) is 6.92 Å². The van der Waals surface area contributed by atoms with Crippen LogP contribution in [0.3, 0.4) is 0 Å². The summed E-state index contributed by atoms with van der Waals surface area (Å²) in [5.41, 5.74) is 7.28. The zero-order valence-electron chi connectivity index (χ0n) is 10.2. The summed E-state index contributed by atoms with van der Waals surface area (Å²) in [5.74, 6) is 0. The molecule has 2 N–H and O–H groups in total. The molecule has 0 unspecified atom stereocenters. The van der Waals surface area contributed by atoms with E-state index in [9.17, 15) is 13.2 Å². The molecule has 18 heavy (non-hydrogen) atoms. The molecule has 5 heteroatoms. The number of hydrogen-bond donors (Lipinski definition) is 1. The molecule has 0 aliphatic heterocycles. The Morgan fingerprint density at radius 2 is 1.83 bits per heavy atom. The second kappa shape index (κ2) is 4.80. The predicted octanol–water partition coefficient (Wildman–Crippen LogP) is 3.24. The van der Waals surface area contributed by atoms with Crippen molar-refractivity contribution in [1.29, 1.82) is 0 Å². The molecule has 0 spiro atoms. The average Bonchev–Trinajstić information content (AvgIpc) is 3.08. The maximum atomic E-state index is 12.5. The lowest BCUT2D eigenvalue weighted by Crippen LogP contribution is -2.35. The fourth-order valence-corrected chi connectivity index (χ4v) is 1.98. The Morgan fingerprint density at radius 3 is 2.22 bits per heavy atom. The average molecular weight is 258 g/mol. The molecule has 1 atom stereocenters. The highest BCUT2D eigenvalue weighted by Crippen LogP contribution is 2.34. The van der Waals surface area contributed by atoms with Gasteiger partial charge in [-0.1, -0.05) is 12.1 Å². The Kier molecular flexibility index (Phi) is 3.52. The molecular weight excluding hydrogens is 241 g/mol. The molecule has 0 radical (unpaired) electrons. The Hall–Kier alpha value is -1.23. The Labute approximate surface area is 105 Å². The van der Waals surface area contributed by atoms with E-state index < -0.39 is 12.7 Å². The van der Waals surface area contributed by atoms with E-state index in [0.29, 0.717) is 5.69 Å². The second-order valence-electron chi connectivity index (χ2n) is 4.85. The first kappa shape index (κ1) is 13.2. The number of hydrogen-bond acceptors (Lipinski definition) is 2. The molecule has 2 nitrogen and oxygen atoms in total. The summed E-state index contributed by atoms with van der Waals surface area (Å²) in [6.07, 6.45) is -2.49. The molecule has 1 fully saturated rings. The first-order valence-electron chi connectivity index (χ1n) is 6.06. The van der Waals surface area contributed by atoms with Gasteiger partial charge in [0.15, 0.2) is 0 Å². The van der Waals surface area contributed by atoms with Crippen LogP contribution in [0.15, 0.2) is 24.3 Å². The smallest absolute Gasteiger partial charge is 0.360 e. The maximum absolute atomic E-state index is 12.5. The van der Waals surface area contributed by atoms with Gasteiger partial charge in [0.2, 0.25) is 0 Å². The van der Waals surface area contributed by atoms with E-state index in [1.165, 1.54) is 4.90 Å². The zero-order chi connectivity index (χ0) is 13.3. The van der Waals surface area contributed by atoms with E-state index in [2.05, 4.69) is 0 Å². The number of anilines is 1. The Morgan fingerprint density at radius 1 is 1.28 bits per heavy atom. The van der Waals surface area contributed by atoms with Crippen LogP contribution >= 0.6 is 0 Å². The van der Waals surface area contributed by atoms with Crippen molar-refractivity contribution in [2.24, 2.45) is 5.73 Å². The predicted molar refractivity (Wildman–Crippen MR) is 65.5 cm³/mol. The van der Waals surface area contributed by atoms with E-state index in [1.54, 1.807) is 24.3 Å². The third-order valence-corrected chi connectivity index (χ3v) is 3.09. The SMILES string of the molecule is C[C@@H](N)c1ccc(N(CC(F)(F)F)C2CC2)cc1. The van der Waals surface area contributed by atoms with Gasteiger partial charge in [-0.3, -0.25) is 0 Å². The van der Waals surface area contributed by atoms with Crippen molar-refractivity contribution in [3.63, 3.8) is 0 Å². The minimum atomic E-state index is -4.16. The first-order valence-corrected chi connectivity index (χ1v) is 6.06. The second-order valence-corrected chi connectivity index (χ2v) is 4.85. The van der Waals surface area contributed by atoms with E-state index in [0.717, 1.165) is 18.4 Å². The van der Waals surface area contributed by atoms with Crippen molar-refractivity contribution in [1.82, 2.24) is 0 Å². The summed E-state index contributed by atoms with van der Waals surface area (Å²) in [4.78, 5) is 1.44. The van der Waals surface area contributed by atoms with Crippen molar-refractivity contribution < 1.29 is 13.2 Å². The monoisotopic (exact) mass is 258 g/mol. The highest BCUT2D eigenvalue weighted by atomic mass is 19.4. The van der Waals surface area contributed by atoms with Gasteiger partial charge < -0.3 is 10.6 Å². The number of rotatable bonds is 4. The van der Waals surface area contributed by atoms with Crippen molar-refractivity contribution in [3.8, 4) is 0 Å². The normalized spacial score (nSPS) is 17.6. The lowest BCUT2D eigenvalue weighted by Gasteiger charge is -2.26. The highest BCUT2D eigenvalue weighted by molar-refractivity contribution is 5.50. The van der Waals surface area contributed by atoms with Crippen molar-refractivity contribution in [2.45, 2.75) is 38.0 Å². The van der Waals surface area contributed by atoms with Crippen LogP contribution in [0.5, 0.6) is 0 Å². The standard InChI is InChI=1S/C13H17F3N2/c1-9(17)10-2-4-11(5-3-10)18(12-6-7-12)8-13(14,15)16/h2-5,9,12H,6-8,17H2,1H3/t9-/m1/s1. The summed E-state index contributed by atoms with van der Waals surface area (Å²) in [6.45, 7) is 0.971. The minimum Gasteiger partial charge on any atom is -0.360 e. The van der Waals surface area contributed by atoms with Crippen molar-refractivity contribution in [3.05, 3.63) is 29.8 Å². The first-order chi connectivity index (χ1) is 8.37. The van der Waals surface area contributed by atoms with Crippen LogP contribution in [0, 0.1) is 0 Å². The molecule has 100 valence electrons. The summed E-state index contributed by atoms with van der Waals surface area (Å²) in [6, 6.07) is 6.98. The molecule has 0 bridgehead atoms. The van der Waals surface area contributed by atoms with Gasteiger partial charge >= 0.3 is 6.18 Å². The van der Waals surface area contributed by atoms with Gasteiger partial charge in [-0.15, -0.1) is 0 Å². The van der Waals surface area contributed by atoms with Gasteiger partial charge in [0.25, 0.3) is 0 Å². The van der Waals surface area contributed by atoms with Crippen LogP contribution in [0.4, 0.5) is 18.9 Å². The van der Waals surface area contributed by atoms with Gasteiger partial charge in [0.1, 0.15) is 6.54 Å². The van der Waals surface area contributed by atoms with Gasteiger partial charge in [-0.2, -0.15) is 13.2 Å². The molecule has 1 aliphatic rings. The van der Waals surface area contributed by atoms with Crippen LogP contribution in [-0.4, -0.2) is 18.8 Å². The summed E-state index contributed by atoms with van der Waals surface area (Å²) >= 11 is 0. The maximum Gasteiger partial charge on any atom is 0.405 e. The van der Waals surface area contributed by atoms with Crippen LogP contribution in [0.2, 0.25) is 0 Å². The molecule has 0 heterocycles. The topological polar surface area (TPSA) is 29.3 Å². The molecule has 2 rings (SSSR count).